The number of anilines is 1. The van der Waals surface area contributed by atoms with Crippen LogP contribution in [0.5, 0.6) is 11.5 Å². The number of nitrogens with one attached hydrogen (secondary N) is 2. The minimum atomic E-state index is -3.97. The quantitative estimate of drug-likeness (QED) is 0.392. The van der Waals surface area contributed by atoms with Crippen LogP contribution in [-0.4, -0.2) is 28.5 Å². The second kappa shape index (κ2) is 9.67. The van der Waals surface area contributed by atoms with E-state index in [4.69, 9.17) is 13.9 Å². The summed E-state index contributed by atoms with van der Waals surface area (Å²) < 4.78 is 41.5. The number of methoxy groups -OCH3 is 2. The van der Waals surface area contributed by atoms with Crippen LogP contribution in [0.15, 0.2) is 93.3 Å². The maximum atomic E-state index is 13.2. The van der Waals surface area contributed by atoms with E-state index in [-0.39, 0.29) is 16.0 Å². The Labute approximate surface area is 195 Å². The lowest BCUT2D eigenvalue weighted by Gasteiger charge is -2.12. The highest BCUT2D eigenvalue weighted by Crippen LogP contribution is 2.29. The first-order chi connectivity index (χ1) is 16.4. The molecule has 34 heavy (non-hydrogen) atoms. The van der Waals surface area contributed by atoms with E-state index in [2.05, 4.69) is 15.2 Å². The van der Waals surface area contributed by atoms with E-state index >= 15 is 0 Å². The van der Waals surface area contributed by atoms with Gasteiger partial charge in [0.05, 0.1) is 24.8 Å². The van der Waals surface area contributed by atoms with Crippen molar-refractivity contribution in [3.63, 3.8) is 0 Å². The number of rotatable bonds is 7. The molecule has 0 saturated carbocycles. The van der Waals surface area contributed by atoms with Crippen molar-refractivity contribution in [2.45, 2.75) is 4.90 Å². The molecule has 0 atom stereocenters. The minimum Gasteiger partial charge on any atom is -0.497 e. The number of para-hydroxylation sites is 1. The van der Waals surface area contributed by atoms with Gasteiger partial charge in [0, 0.05) is 11.5 Å². The molecule has 0 aliphatic heterocycles. The molecule has 0 radical (unpaired) electrons. The Hall–Kier alpha value is -4.31. The third-order valence-corrected chi connectivity index (χ3v) is 6.10. The van der Waals surface area contributed by atoms with Crippen LogP contribution >= 0.6 is 0 Å². The molecule has 0 bridgehead atoms. The SMILES string of the molecule is COc1ccc(NC(=O)c2cc3ccccc3oc2=NNS(=O)(=O)c2ccccc2)c(OC)c1. The normalized spacial score (nSPS) is 11.8. The highest BCUT2D eigenvalue weighted by molar-refractivity contribution is 7.89. The lowest BCUT2D eigenvalue weighted by atomic mass is 10.1. The monoisotopic (exact) mass is 479 g/mol. The summed E-state index contributed by atoms with van der Waals surface area (Å²) in [7, 11) is -0.985. The molecule has 10 heteroatoms. The Balaban J connectivity index is 1.75. The average Bonchev–Trinajstić information content (AvgIpc) is 2.87. The number of ether oxygens (including phenoxy) is 2. The van der Waals surface area contributed by atoms with Crippen LogP contribution < -0.4 is 25.2 Å². The standard InChI is InChI=1S/C24H21N3O6S/c1-31-17-12-13-20(22(15-17)32-2)25-23(28)19-14-16-8-6-7-11-21(16)33-24(19)26-27-34(29,30)18-9-4-3-5-10-18/h3-15,27H,1-2H3,(H,25,28). The van der Waals surface area contributed by atoms with Crippen molar-refractivity contribution < 1.29 is 27.1 Å². The summed E-state index contributed by atoms with van der Waals surface area (Å²) in [5.74, 6) is 0.367. The van der Waals surface area contributed by atoms with Crippen molar-refractivity contribution >= 4 is 32.6 Å². The van der Waals surface area contributed by atoms with Crippen molar-refractivity contribution in [1.29, 1.82) is 0 Å². The van der Waals surface area contributed by atoms with Crippen molar-refractivity contribution in [1.82, 2.24) is 4.83 Å². The summed E-state index contributed by atoms with van der Waals surface area (Å²) in [6.45, 7) is 0. The van der Waals surface area contributed by atoms with Crippen molar-refractivity contribution in [3.05, 3.63) is 90.0 Å². The number of hydrogen-bond donors (Lipinski definition) is 2. The molecule has 9 nitrogen and oxygen atoms in total. The maximum absolute atomic E-state index is 13.2. The van der Waals surface area contributed by atoms with Gasteiger partial charge in [0.2, 0.25) is 5.55 Å². The second-order valence-electron chi connectivity index (χ2n) is 7.04. The van der Waals surface area contributed by atoms with Gasteiger partial charge < -0.3 is 19.2 Å². The average molecular weight is 480 g/mol. The van der Waals surface area contributed by atoms with Crippen molar-refractivity contribution in [2.75, 3.05) is 19.5 Å². The molecule has 4 rings (SSSR count). The molecule has 1 amide bonds. The van der Waals surface area contributed by atoms with Crippen LogP contribution in [0.1, 0.15) is 10.4 Å². The Morgan fingerprint density at radius 3 is 2.38 bits per heavy atom. The molecule has 174 valence electrons. The van der Waals surface area contributed by atoms with Crippen LogP contribution in [0.25, 0.3) is 11.0 Å². The Bertz CT molecular complexity index is 1520. The zero-order valence-electron chi connectivity index (χ0n) is 18.3. The summed E-state index contributed by atoms with van der Waals surface area (Å²) in [6.07, 6.45) is 0. The van der Waals surface area contributed by atoms with E-state index in [1.54, 1.807) is 66.7 Å². The molecule has 3 aromatic carbocycles. The third kappa shape index (κ3) is 4.86. The highest BCUT2D eigenvalue weighted by atomic mass is 32.2. The topological polar surface area (TPSA) is 119 Å². The van der Waals surface area contributed by atoms with E-state index in [1.165, 1.54) is 26.4 Å². The van der Waals surface area contributed by atoms with E-state index in [1.807, 2.05) is 0 Å². The Morgan fingerprint density at radius 1 is 0.912 bits per heavy atom. The molecule has 1 aromatic heterocycles. The molecule has 2 N–H and O–H groups in total. The summed E-state index contributed by atoms with van der Waals surface area (Å²) in [4.78, 5) is 15.4. The van der Waals surface area contributed by atoms with E-state index in [9.17, 15) is 13.2 Å². The molecule has 0 spiro atoms. The van der Waals surface area contributed by atoms with Crippen LogP contribution in [0.3, 0.4) is 0 Å². The van der Waals surface area contributed by atoms with Gasteiger partial charge in [-0.1, -0.05) is 36.4 Å². The zero-order valence-corrected chi connectivity index (χ0v) is 19.1. The van der Waals surface area contributed by atoms with Crippen molar-refractivity contribution in [3.8, 4) is 11.5 Å². The number of sulfonamides is 1. The van der Waals surface area contributed by atoms with Crippen LogP contribution in [-0.2, 0) is 10.0 Å². The van der Waals surface area contributed by atoms with Crippen molar-refractivity contribution in [2.24, 2.45) is 5.10 Å². The number of benzene rings is 3. The van der Waals surface area contributed by atoms with Gasteiger partial charge in [-0.15, -0.1) is 5.10 Å². The zero-order chi connectivity index (χ0) is 24.1. The lowest BCUT2D eigenvalue weighted by molar-refractivity contribution is 0.102. The highest BCUT2D eigenvalue weighted by Gasteiger charge is 2.17. The summed E-state index contributed by atoms with van der Waals surface area (Å²) in [5.41, 5.74) is 0.631. The fraction of sp³-hybridized carbons (Fsp3) is 0.0833. The molecule has 0 aliphatic rings. The summed E-state index contributed by atoms with van der Waals surface area (Å²) >= 11 is 0. The number of hydrogen-bond acceptors (Lipinski definition) is 7. The molecule has 0 saturated heterocycles. The van der Waals surface area contributed by atoms with Gasteiger partial charge >= 0.3 is 0 Å². The molecular formula is C24H21N3O6S. The number of nitrogens with zero attached hydrogens (tertiary/aromatic N) is 1. The van der Waals surface area contributed by atoms with E-state index in [0.717, 1.165) is 0 Å². The molecule has 0 aliphatic carbocycles. The lowest BCUT2D eigenvalue weighted by Crippen LogP contribution is -2.27. The predicted octanol–water partition coefficient (Wildman–Crippen LogP) is 3.50. The number of carbonyl (C=O) groups excluding carboxylic acids is 1. The predicted molar refractivity (Wildman–Crippen MR) is 126 cm³/mol. The van der Waals surface area contributed by atoms with Crippen LogP contribution in [0.4, 0.5) is 5.69 Å². The second-order valence-corrected chi connectivity index (χ2v) is 8.70. The Kier molecular flexibility index (Phi) is 6.51. The van der Waals surface area contributed by atoms with Gasteiger partial charge in [0.1, 0.15) is 22.6 Å². The molecule has 0 fully saturated rings. The fourth-order valence-electron chi connectivity index (χ4n) is 3.16. The first kappa shape index (κ1) is 22.9. The first-order valence-corrected chi connectivity index (χ1v) is 11.6. The largest absolute Gasteiger partial charge is 0.497 e. The smallest absolute Gasteiger partial charge is 0.276 e. The first-order valence-electron chi connectivity index (χ1n) is 10.1. The summed E-state index contributed by atoms with van der Waals surface area (Å²) in [5, 5.41) is 7.30. The fourth-order valence-corrected chi connectivity index (χ4v) is 3.98. The van der Waals surface area contributed by atoms with Gasteiger partial charge in [0.25, 0.3) is 15.9 Å². The van der Waals surface area contributed by atoms with Crippen LogP contribution in [0, 0.1) is 0 Å². The van der Waals surface area contributed by atoms with Gasteiger partial charge in [-0.3, -0.25) is 4.79 Å². The molecular weight excluding hydrogens is 458 g/mol. The third-order valence-electron chi connectivity index (χ3n) is 4.88. The van der Waals surface area contributed by atoms with Gasteiger partial charge in [-0.25, -0.2) is 0 Å². The molecule has 1 heterocycles. The Morgan fingerprint density at radius 2 is 1.65 bits per heavy atom. The summed E-state index contributed by atoms with van der Waals surface area (Å²) in [6, 6.07) is 21.2. The number of fused-ring (bicyclic) bond motifs is 1. The minimum absolute atomic E-state index is 0.0207. The van der Waals surface area contributed by atoms with Crippen LogP contribution in [0.2, 0.25) is 0 Å². The molecule has 4 aromatic rings. The van der Waals surface area contributed by atoms with Gasteiger partial charge in [0.15, 0.2) is 0 Å². The van der Waals surface area contributed by atoms with E-state index in [0.29, 0.717) is 28.2 Å². The number of carbonyl (C=O) groups is 1. The van der Waals surface area contributed by atoms with Gasteiger partial charge in [-0.05, 0) is 36.4 Å². The van der Waals surface area contributed by atoms with Gasteiger partial charge in [-0.2, -0.15) is 13.2 Å². The number of amides is 1. The van der Waals surface area contributed by atoms with E-state index < -0.39 is 15.9 Å². The molecule has 0 unspecified atom stereocenters. The maximum Gasteiger partial charge on any atom is 0.276 e.